The van der Waals surface area contributed by atoms with E-state index >= 15 is 0 Å². The van der Waals surface area contributed by atoms with Crippen LogP contribution in [0.5, 0.6) is 0 Å². The Bertz CT molecular complexity index is 707. The van der Waals surface area contributed by atoms with E-state index in [0.29, 0.717) is 0 Å². The standard InChI is InChI=1S/C20H24N4O/c25-19(22-18-6-10-21-11-7-18)20(8-9-20)24-14-12-23(13-15-24)16-17-4-2-1-3-5-17/h1-7,10-11H,8-9,12-16H2,(H,21,22,25). The molecule has 1 aromatic carbocycles. The number of carbonyl (C=O) groups excluding carboxylic acids is 1. The number of hydrogen-bond donors (Lipinski definition) is 1. The molecule has 1 saturated heterocycles. The summed E-state index contributed by atoms with van der Waals surface area (Å²) in [6.45, 7) is 4.93. The predicted molar refractivity (Wildman–Crippen MR) is 98.1 cm³/mol. The van der Waals surface area contributed by atoms with Crippen molar-refractivity contribution in [3.8, 4) is 0 Å². The third kappa shape index (κ3) is 3.57. The molecule has 1 amide bonds. The molecule has 130 valence electrons. The number of nitrogens with one attached hydrogen (secondary N) is 1. The van der Waals surface area contributed by atoms with Crippen molar-refractivity contribution < 1.29 is 4.79 Å². The van der Waals surface area contributed by atoms with Crippen molar-refractivity contribution in [2.24, 2.45) is 0 Å². The Morgan fingerprint density at radius 3 is 2.32 bits per heavy atom. The van der Waals surface area contributed by atoms with Gasteiger partial charge in [-0.05, 0) is 30.5 Å². The zero-order chi connectivity index (χ0) is 17.1. The second-order valence-electron chi connectivity index (χ2n) is 6.97. The molecule has 1 saturated carbocycles. The second-order valence-corrected chi connectivity index (χ2v) is 6.97. The average Bonchev–Trinajstić information content (AvgIpc) is 3.46. The van der Waals surface area contributed by atoms with Gasteiger partial charge in [0, 0.05) is 50.8 Å². The number of aromatic nitrogens is 1. The fourth-order valence-corrected chi connectivity index (χ4v) is 3.66. The van der Waals surface area contributed by atoms with E-state index in [-0.39, 0.29) is 11.4 Å². The van der Waals surface area contributed by atoms with Gasteiger partial charge in [0.1, 0.15) is 5.54 Å². The van der Waals surface area contributed by atoms with Gasteiger partial charge in [-0.15, -0.1) is 0 Å². The summed E-state index contributed by atoms with van der Waals surface area (Å²) in [5, 5.41) is 3.06. The molecule has 1 aliphatic heterocycles. The molecule has 0 unspecified atom stereocenters. The Hall–Kier alpha value is -2.24. The van der Waals surface area contributed by atoms with Gasteiger partial charge in [-0.2, -0.15) is 0 Å². The number of carbonyl (C=O) groups is 1. The normalized spacial score (nSPS) is 20.2. The van der Waals surface area contributed by atoms with Crippen LogP contribution in [0.25, 0.3) is 0 Å². The van der Waals surface area contributed by atoms with Gasteiger partial charge in [0.15, 0.2) is 0 Å². The first-order chi connectivity index (χ1) is 12.3. The molecule has 1 aromatic heterocycles. The molecule has 2 fully saturated rings. The maximum atomic E-state index is 12.8. The van der Waals surface area contributed by atoms with E-state index in [2.05, 4.69) is 50.4 Å². The Morgan fingerprint density at radius 1 is 1.00 bits per heavy atom. The molecule has 4 rings (SSSR count). The lowest BCUT2D eigenvalue weighted by molar-refractivity contribution is -0.123. The molecular formula is C20H24N4O. The third-order valence-corrected chi connectivity index (χ3v) is 5.31. The van der Waals surface area contributed by atoms with Crippen LogP contribution in [0.1, 0.15) is 18.4 Å². The fraction of sp³-hybridized carbons (Fsp3) is 0.400. The molecule has 0 bridgehead atoms. The number of benzene rings is 1. The maximum absolute atomic E-state index is 12.8. The van der Waals surface area contributed by atoms with Gasteiger partial charge in [0.25, 0.3) is 0 Å². The quantitative estimate of drug-likeness (QED) is 0.911. The molecule has 5 heteroatoms. The minimum atomic E-state index is -0.290. The molecule has 0 spiro atoms. The predicted octanol–water partition coefficient (Wildman–Crippen LogP) is 2.37. The highest BCUT2D eigenvalue weighted by molar-refractivity contribution is 6.00. The number of nitrogens with zero attached hydrogens (tertiary/aromatic N) is 3. The van der Waals surface area contributed by atoms with Crippen LogP contribution in [0.15, 0.2) is 54.9 Å². The fourth-order valence-electron chi connectivity index (χ4n) is 3.66. The van der Waals surface area contributed by atoms with Crippen LogP contribution in [-0.2, 0) is 11.3 Å². The highest BCUT2D eigenvalue weighted by atomic mass is 16.2. The van der Waals surface area contributed by atoms with Gasteiger partial charge in [-0.25, -0.2) is 0 Å². The SMILES string of the molecule is O=C(Nc1ccncc1)C1(N2CCN(Cc3ccccc3)CC2)CC1. The van der Waals surface area contributed by atoms with E-state index in [9.17, 15) is 4.79 Å². The summed E-state index contributed by atoms with van der Waals surface area (Å²) >= 11 is 0. The maximum Gasteiger partial charge on any atom is 0.244 e. The molecule has 0 atom stereocenters. The van der Waals surface area contributed by atoms with Crippen LogP contribution >= 0.6 is 0 Å². The minimum absolute atomic E-state index is 0.134. The van der Waals surface area contributed by atoms with E-state index in [1.54, 1.807) is 12.4 Å². The molecule has 25 heavy (non-hydrogen) atoms. The smallest absolute Gasteiger partial charge is 0.244 e. The molecule has 5 nitrogen and oxygen atoms in total. The monoisotopic (exact) mass is 336 g/mol. The van der Waals surface area contributed by atoms with Crippen molar-refractivity contribution in [2.75, 3.05) is 31.5 Å². The summed E-state index contributed by atoms with van der Waals surface area (Å²) < 4.78 is 0. The van der Waals surface area contributed by atoms with Crippen LogP contribution < -0.4 is 5.32 Å². The molecule has 1 N–H and O–H groups in total. The van der Waals surface area contributed by atoms with Crippen molar-refractivity contribution in [1.82, 2.24) is 14.8 Å². The highest BCUT2D eigenvalue weighted by Crippen LogP contribution is 2.43. The van der Waals surface area contributed by atoms with Crippen molar-refractivity contribution in [3.05, 3.63) is 60.4 Å². The molecule has 1 aliphatic carbocycles. The number of pyridine rings is 1. The number of rotatable bonds is 5. The zero-order valence-electron chi connectivity index (χ0n) is 14.4. The van der Waals surface area contributed by atoms with Gasteiger partial charge in [0.05, 0.1) is 0 Å². The lowest BCUT2D eigenvalue weighted by Gasteiger charge is -2.39. The summed E-state index contributed by atoms with van der Waals surface area (Å²) in [5.41, 5.74) is 1.89. The van der Waals surface area contributed by atoms with Crippen LogP contribution in [0.2, 0.25) is 0 Å². The van der Waals surface area contributed by atoms with Crippen LogP contribution in [0.3, 0.4) is 0 Å². The lowest BCUT2D eigenvalue weighted by Crippen LogP contribution is -2.55. The number of anilines is 1. The second kappa shape index (κ2) is 6.94. The van der Waals surface area contributed by atoms with Crippen molar-refractivity contribution in [1.29, 1.82) is 0 Å². The number of piperazine rings is 1. The van der Waals surface area contributed by atoms with E-state index < -0.39 is 0 Å². The summed E-state index contributed by atoms with van der Waals surface area (Å²) in [6, 6.07) is 14.3. The molecule has 2 aromatic rings. The van der Waals surface area contributed by atoms with Crippen LogP contribution in [-0.4, -0.2) is 52.4 Å². The zero-order valence-corrected chi connectivity index (χ0v) is 14.4. The van der Waals surface area contributed by atoms with Gasteiger partial charge >= 0.3 is 0 Å². The Kier molecular flexibility index (Phi) is 4.51. The van der Waals surface area contributed by atoms with Crippen molar-refractivity contribution >= 4 is 11.6 Å². The Balaban J connectivity index is 1.33. The lowest BCUT2D eigenvalue weighted by atomic mass is 10.1. The topological polar surface area (TPSA) is 48.5 Å². The first-order valence-corrected chi connectivity index (χ1v) is 8.99. The summed E-state index contributed by atoms with van der Waals surface area (Å²) in [6.07, 6.45) is 5.33. The first-order valence-electron chi connectivity index (χ1n) is 8.99. The molecular weight excluding hydrogens is 312 g/mol. The number of amides is 1. The van der Waals surface area contributed by atoms with Gasteiger partial charge < -0.3 is 5.32 Å². The highest BCUT2D eigenvalue weighted by Gasteiger charge is 2.54. The van der Waals surface area contributed by atoms with Gasteiger partial charge in [0.2, 0.25) is 5.91 Å². The van der Waals surface area contributed by atoms with E-state index in [1.165, 1.54) is 5.56 Å². The summed E-state index contributed by atoms with van der Waals surface area (Å²) in [4.78, 5) is 21.6. The van der Waals surface area contributed by atoms with Crippen LogP contribution in [0, 0.1) is 0 Å². The van der Waals surface area contributed by atoms with Crippen molar-refractivity contribution in [2.45, 2.75) is 24.9 Å². The van der Waals surface area contributed by atoms with Crippen molar-refractivity contribution in [3.63, 3.8) is 0 Å². The van der Waals surface area contributed by atoms with Gasteiger partial charge in [-0.1, -0.05) is 30.3 Å². The Labute approximate surface area is 148 Å². The van der Waals surface area contributed by atoms with E-state index in [1.807, 2.05) is 12.1 Å². The largest absolute Gasteiger partial charge is 0.324 e. The number of hydrogen-bond acceptors (Lipinski definition) is 4. The third-order valence-electron chi connectivity index (χ3n) is 5.31. The Morgan fingerprint density at radius 2 is 1.68 bits per heavy atom. The molecule has 2 aliphatic rings. The van der Waals surface area contributed by atoms with E-state index in [4.69, 9.17) is 0 Å². The van der Waals surface area contributed by atoms with Crippen LogP contribution in [0.4, 0.5) is 5.69 Å². The molecule has 2 heterocycles. The average molecular weight is 336 g/mol. The summed E-state index contributed by atoms with van der Waals surface area (Å²) in [5.74, 6) is 0.134. The molecule has 0 radical (unpaired) electrons. The van der Waals surface area contributed by atoms with E-state index in [0.717, 1.165) is 51.3 Å². The van der Waals surface area contributed by atoms with Gasteiger partial charge in [-0.3, -0.25) is 19.6 Å². The first kappa shape index (κ1) is 16.2. The summed E-state index contributed by atoms with van der Waals surface area (Å²) in [7, 11) is 0. The minimum Gasteiger partial charge on any atom is -0.324 e.